The molecule has 24 heavy (non-hydrogen) atoms. The third kappa shape index (κ3) is 2.04. The second kappa shape index (κ2) is 5.43. The molecule has 1 aromatic carbocycles. The van der Waals surface area contributed by atoms with Crippen molar-refractivity contribution < 1.29 is 34.1 Å². The van der Waals surface area contributed by atoms with Gasteiger partial charge in [-0.1, -0.05) is 6.07 Å². The van der Waals surface area contributed by atoms with E-state index in [2.05, 4.69) is 4.74 Å². The van der Waals surface area contributed by atoms with E-state index in [0.29, 0.717) is 0 Å². The molecule has 8 heteroatoms. The van der Waals surface area contributed by atoms with Crippen molar-refractivity contribution >= 4 is 22.9 Å². The van der Waals surface area contributed by atoms with Gasteiger partial charge in [0.15, 0.2) is 0 Å². The maximum Gasteiger partial charge on any atom is 0.345 e. The standard InChI is InChI=1S/C16H14O8/c1-23-15(21)16(22)10(17)6-5-9-12(16)13(18)11-7(14(19)20)3-2-4-8(11)24-9/h2-4,10,17,22H,5-6H2,1H3,(H,19,20)/t10-,16+/m1/s1. The average molecular weight is 334 g/mol. The van der Waals surface area contributed by atoms with Crippen molar-refractivity contribution in [3.8, 4) is 0 Å². The van der Waals surface area contributed by atoms with E-state index < -0.39 is 34.6 Å². The predicted molar refractivity (Wildman–Crippen MR) is 79.7 cm³/mol. The smallest absolute Gasteiger partial charge is 0.345 e. The molecule has 1 aromatic heterocycles. The highest BCUT2D eigenvalue weighted by Crippen LogP contribution is 2.36. The summed E-state index contributed by atoms with van der Waals surface area (Å²) >= 11 is 0. The summed E-state index contributed by atoms with van der Waals surface area (Å²) in [6.45, 7) is 0. The van der Waals surface area contributed by atoms with Gasteiger partial charge in [-0.25, -0.2) is 9.59 Å². The quantitative estimate of drug-likeness (QED) is 0.661. The van der Waals surface area contributed by atoms with Crippen LogP contribution in [0.4, 0.5) is 0 Å². The van der Waals surface area contributed by atoms with Crippen LogP contribution in [-0.2, 0) is 21.6 Å². The van der Waals surface area contributed by atoms with Gasteiger partial charge < -0.3 is 24.5 Å². The maximum atomic E-state index is 12.9. The van der Waals surface area contributed by atoms with Crippen LogP contribution in [-0.4, -0.2) is 40.5 Å². The summed E-state index contributed by atoms with van der Waals surface area (Å²) in [5, 5.41) is 29.8. The molecule has 1 heterocycles. The van der Waals surface area contributed by atoms with Crippen molar-refractivity contribution in [1.29, 1.82) is 0 Å². The van der Waals surface area contributed by atoms with Gasteiger partial charge in [0.05, 0.1) is 29.7 Å². The van der Waals surface area contributed by atoms with Crippen LogP contribution in [0.5, 0.6) is 0 Å². The third-order valence-corrected chi connectivity index (χ3v) is 4.23. The van der Waals surface area contributed by atoms with Crippen LogP contribution < -0.4 is 5.43 Å². The molecule has 0 fully saturated rings. The number of methoxy groups -OCH3 is 1. The highest BCUT2D eigenvalue weighted by atomic mass is 16.5. The number of aryl methyl sites for hydroxylation is 1. The Bertz CT molecular complexity index is 912. The minimum absolute atomic E-state index is 0.0215. The van der Waals surface area contributed by atoms with Crippen LogP contribution in [0, 0.1) is 0 Å². The van der Waals surface area contributed by atoms with Gasteiger partial charge in [-0.15, -0.1) is 0 Å². The van der Waals surface area contributed by atoms with Gasteiger partial charge in [0, 0.05) is 6.42 Å². The lowest BCUT2D eigenvalue weighted by Crippen LogP contribution is -2.53. The monoisotopic (exact) mass is 334 g/mol. The van der Waals surface area contributed by atoms with Gasteiger partial charge in [0.2, 0.25) is 11.0 Å². The lowest BCUT2D eigenvalue weighted by atomic mass is 9.79. The summed E-state index contributed by atoms with van der Waals surface area (Å²) in [6.07, 6.45) is -1.49. The predicted octanol–water partition coefficient (Wildman–Crippen LogP) is 0.159. The molecule has 0 aliphatic heterocycles. The third-order valence-electron chi connectivity index (χ3n) is 4.23. The SMILES string of the molecule is COC(=O)[C@@]1(O)c2c(oc3cccc(C(=O)O)c3c2=O)CC[C@H]1O. The number of carbonyl (C=O) groups excluding carboxylic acids is 1. The highest BCUT2D eigenvalue weighted by molar-refractivity contribution is 6.02. The fraction of sp³-hybridized carbons (Fsp3) is 0.312. The lowest BCUT2D eigenvalue weighted by molar-refractivity contribution is -0.180. The first kappa shape index (κ1) is 16.2. The number of aliphatic hydroxyl groups excluding tert-OH is 1. The fourth-order valence-corrected chi connectivity index (χ4v) is 3.06. The summed E-state index contributed by atoms with van der Waals surface area (Å²) in [4.78, 5) is 36.3. The normalized spacial score (nSPS) is 22.9. The van der Waals surface area contributed by atoms with Gasteiger partial charge in [-0.05, 0) is 18.6 Å². The Hall–Kier alpha value is -2.71. The molecule has 0 spiro atoms. The number of rotatable bonds is 2. The fourth-order valence-electron chi connectivity index (χ4n) is 3.06. The number of carbonyl (C=O) groups is 2. The summed E-state index contributed by atoms with van der Waals surface area (Å²) in [7, 11) is 1.01. The number of hydrogen-bond acceptors (Lipinski definition) is 7. The number of aliphatic hydroxyl groups is 2. The van der Waals surface area contributed by atoms with Crippen LogP contribution in [0.3, 0.4) is 0 Å². The Labute approximate surface area is 134 Å². The van der Waals surface area contributed by atoms with E-state index in [4.69, 9.17) is 4.42 Å². The molecule has 126 valence electrons. The van der Waals surface area contributed by atoms with Gasteiger partial charge in [-0.3, -0.25) is 4.79 Å². The molecule has 0 radical (unpaired) electrons. The summed E-state index contributed by atoms with van der Waals surface area (Å²) in [6, 6.07) is 4.06. The number of carboxylic acids is 1. The highest BCUT2D eigenvalue weighted by Gasteiger charge is 2.53. The van der Waals surface area contributed by atoms with E-state index in [9.17, 15) is 29.7 Å². The molecule has 2 aromatic rings. The van der Waals surface area contributed by atoms with Gasteiger partial charge in [-0.2, -0.15) is 0 Å². The van der Waals surface area contributed by atoms with Crippen molar-refractivity contribution in [2.75, 3.05) is 7.11 Å². The van der Waals surface area contributed by atoms with E-state index in [1.54, 1.807) is 0 Å². The van der Waals surface area contributed by atoms with Crippen LogP contribution >= 0.6 is 0 Å². The van der Waals surface area contributed by atoms with Crippen molar-refractivity contribution in [2.45, 2.75) is 24.5 Å². The van der Waals surface area contributed by atoms with Crippen molar-refractivity contribution in [1.82, 2.24) is 0 Å². The first-order valence-corrected chi connectivity index (χ1v) is 7.13. The number of esters is 1. The van der Waals surface area contributed by atoms with Gasteiger partial charge in [0.1, 0.15) is 11.3 Å². The van der Waals surface area contributed by atoms with E-state index in [0.717, 1.165) is 7.11 Å². The molecule has 0 unspecified atom stereocenters. The van der Waals surface area contributed by atoms with Crippen LogP contribution in [0.2, 0.25) is 0 Å². The minimum Gasteiger partial charge on any atom is -0.478 e. The Balaban J connectivity index is 2.45. The van der Waals surface area contributed by atoms with E-state index in [1.165, 1.54) is 18.2 Å². The zero-order chi connectivity index (χ0) is 17.6. The molecular formula is C16H14O8. The van der Waals surface area contributed by atoms with Crippen LogP contribution in [0.15, 0.2) is 27.4 Å². The lowest BCUT2D eigenvalue weighted by Gasteiger charge is -2.34. The Kier molecular flexibility index (Phi) is 3.66. The molecule has 2 atom stereocenters. The minimum atomic E-state index is -2.61. The number of ether oxygens (including phenoxy) is 1. The summed E-state index contributed by atoms with van der Waals surface area (Å²) in [5.41, 5.74) is -4.26. The van der Waals surface area contributed by atoms with Gasteiger partial charge >= 0.3 is 11.9 Å². The first-order chi connectivity index (χ1) is 11.3. The summed E-state index contributed by atoms with van der Waals surface area (Å²) < 4.78 is 10.1. The second-order valence-electron chi connectivity index (χ2n) is 5.53. The number of aromatic carboxylic acids is 1. The zero-order valence-electron chi connectivity index (χ0n) is 12.6. The Morgan fingerprint density at radius 3 is 2.71 bits per heavy atom. The molecule has 1 aliphatic carbocycles. The van der Waals surface area contributed by atoms with E-state index in [1.807, 2.05) is 0 Å². The Morgan fingerprint density at radius 1 is 1.38 bits per heavy atom. The zero-order valence-corrected chi connectivity index (χ0v) is 12.6. The first-order valence-electron chi connectivity index (χ1n) is 7.13. The van der Waals surface area contributed by atoms with E-state index in [-0.39, 0.29) is 35.1 Å². The van der Waals surface area contributed by atoms with Crippen LogP contribution in [0.25, 0.3) is 11.0 Å². The van der Waals surface area contributed by atoms with Crippen LogP contribution in [0.1, 0.15) is 28.1 Å². The van der Waals surface area contributed by atoms with Gasteiger partial charge in [0.25, 0.3) is 0 Å². The maximum absolute atomic E-state index is 12.9. The van der Waals surface area contributed by atoms with E-state index >= 15 is 0 Å². The molecule has 0 saturated carbocycles. The molecule has 3 rings (SSSR count). The number of carboxylic acid groups (broad SMARTS) is 1. The topological polar surface area (TPSA) is 134 Å². The molecular weight excluding hydrogens is 320 g/mol. The molecule has 3 N–H and O–H groups in total. The molecule has 0 bridgehead atoms. The van der Waals surface area contributed by atoms with Crippen molar-refractivity contribution in [3.63, 3.8) is 0 Å². The molecule has 8 nitrogen and oxygen atoms in total. The number of fused-ring (bicyclic) bond motifs is 2. The summed E-state index contributed by atoms with van der Waals surface area (Å²) in [5.74, 6) is -2.55. The molecule has 1 aliphatic rings. The van der Waals surface area contributed by atoms with Crippen molar-refractivity contribution in [3.05, 3.63) is 45.3 Å². The Morgan fingerprint density at radius 2 is 2.08 bits per heavy atom. The largest absolute Gasteiger partial charge is 0.478 e. The van der Waals surface area contributed by atoms with Crippen molar-refractivity contribution in [2.24, 2.45) is 0 Å². The molecule has 0 amide bonds. The average Bonchev–Trinajstić information content (AvgIpc) is 2.56. The number of benzene rings is 1. The number of hydrogen-bond donors (Lipinski definition) is 3. The molecule has 0 saturated heterocycles. The second-order valence-corrected chi connectivity index (χ2v) is 5.53.